The summed E-state index contributed by atoms with van der Waals surface area (Å²) in [5, 5.41) is 2.82. The molecule has 3 aromatic carbocycles. The van der Waals surface area contributed by atoms with Gasteiger partial charge in [0.1, 0.15) is 5.75 Å². The lowest BCUT2D eigenvalue weighted by molar-refractivity contribution is -0.136. The number of allylic oxidation sites excluding steroid dienone is 1. The summed E-state index contributed by atoms with van der Waals surface area (Å²) in [4.78, 5) is 39.8. The van der Waals surface area contributed by atoms with E-state index in [1.807, 2.05) is 62.4 Å². The summed E-state index contributed by atoms with van der Waals surface area (Å²) in [5.41, 5.74) is 5.54. The van der Waals surface area contributed by atoms with E-state index in [1.54, 1.807) is 37.3 Å². The normalized spacial score (nSPS) is 14.2. The Morgan fingerprint density at radius 2 is 1.63 bits per heavy atom. The highest BCUT2D eigenvalue weighted by molar-refractivity contribution is 6.23. The molecular formula is C31H30N2O5. The number of rotatable bonds is 8. The van der Waals surface area contributed by atoms with Gasteiger partial charge in [-0.3, -0.25) is 14.5 Å². The summed E-state index contributed by atoms with van der Waals surface area (Å²) in [6.07, 6.45) is 1.66. The van der Waals surface area contributed by atoms with Crippen LogP contribution in [0.4, 0.5) is 5.69 Å². The average molecular weight is 511 g/mol. The third-order valence-electron chi connectivity index (χ3n) is 6.43. The summed E-state index contributed by atoms with van der Waals surface area (Å²) >= 11 is 0. The van der Waals surface area contributed by atoms with Crippen molar-refractivity contribution in [1.29, 1.82) is 0 Å². The van der Waals surface area contributed by atoms with Crippen molar-refractivity contribution in [3.05, 3.63) is 112 Å². The van der Waals surface area contributed by atoms with E-state index in [-0.39, 0.29) is 29.6 Å². The predicted octanol–water partition coefficient (Wildman–Crippen LogP) is 4.88. The number of anilines is 1. The van der Waals surface area contributed by atoms with Gasteiger partial charge < -0.3 is 14.8 Å². The average Bonchev–Trinajstić information content (AvgIpc) is 3.17. The maximum absolute atomic E-state index is 13.5. The van der Waals surface area contributed by atoms with Crippen LogP contribution in [-0.2, 0) is 25.7 Å². The summed E-state index contributed by atoms with van der Waals surface area (Å²) < 4.78 is 10.6. The first-order valence-corrected chi connectivity index (χ1v) is 12.2. The molecule has 0 saturated heterocycles. The van der Waals surface area contributed by atoms with Crippen LogP contribution in [0, 0.1) is 13.8 Å². The predicted molar refractivity (Wildman–Crippen MR) is 146 cm³/mol. The zero-order chi connectivity index (χ0) is 27.2. The molecule has 0 saturated carbocycles. The van der Waals surface area contributed by atoms with Crippen molar-refractivity contribution in [2.24, 2.45) is 0 Å². The Balaban J connectivity index is 1.48. The Hall–Kier alpha value is -4.65. The second-order valence-electron chi connectivity index (χ2n) is 9.04. The Kier molecular flexibility index (Phi) is 8.06. The van der Waals surface area contributed by atoms with Crippen molar-refractivity contribution in [3.63, 3.8) is 0 Å². The van der Waals surface area contributed by atoms with Crippen LogP contribution in [0.15, 0.2) is 89.6 Å². The molecule has 7 nitrogen and oxygen atoms in total. The molecule has 0 atom stereocenters. The van der Waals surface area contributed by atoms with Gasteiger partial charge in [0.05, 0.1) is 18.3 Å². The quantitative estimate of drug-likeness (QED) is 0.345. The topological polar surface area (TPSA) is 84.9 Å². The van der Waals surface area contributed by atoms with Gasteiger partial charge in [0.15, 0.2) is 6.61 Å². The number of hydrogen-bond acceptors (Lipinski definition) is 5. The first-order chi connectivity index (χ1) is 18.3. The van der Waals surface area contributed by atoms with Crippen LogP contribution in [-0.4, -0.2) is 31.5 Å². The van der Waals surface area contributed by atoms with Gasteiger partial charge in [-0.1, -0.05) is 48.5 Å². The van der Waals surface area contributed by atoms with E-state index in [0.717, 1.165) is 16.7 Å². The van der Waals surface area contributed by atoms with Crippen LogP contribution >= 0.6 is 0 Å². The van der Waals surface area contributed by atoms with E-state index in [9.17, 15) is 14.4 Å². The highest BCUT2D eigenvalue weighted by Crippen LogP contribution is 2.36. The van der Waals surface area contributed by atoms with Crippen LogP contribution in [0.2, 0.25) is 0 Å². The Bertz CT molecular complexity index is 1420. The van der Waals surface area contributed by atoms with Crippen LogP contribution in [0.3, 0.4) is 0 Å². The van der Waals surface area contributed by atoms with Gasteiger partial charge in [0.25, 0.3) is 11.8 Å². The Morgan fingerprint density at radius 3 is 2.29 bits per heavy atom. The molecule has 0 aromatic heterocycles. The van der Waals surface area contributed by atoms with Crippen molar-refractivity contribution in [3.8, 4) is 5.75 Å². The number of amides is 2. The number of nitrogens with one attached hydrogen (secondary N) is 1. The molecular weight excluding hydrogens is 480 g/mol. The van der Waals surface area contributed by atoms with E-state index in [0.29, 0.717) is 29.2 Å². The van der Waals surface area contributed by atoms with Gasteiger partial charge in [0, 0.05) is 17.9 Å². The van der Waals surface area contributed by atoms with Crippen molar-refractivity contribution >= 4 is 29.5 Å². The van der Waals surface area contributed by atoms with Crippen molar-refractivity contribution in [1.82, 2.24) is 5.32 Å². The van der Waals surface area contributed by atoms with Crippen molar-refractivity contribution in [2.75, 3.05) is 18.6 Å². The van der Waals surface area contributed by atoms with Crippen molar-refractivity contribution < 1.29 is 23.9 Å². The van der Waals surface area contributed by atoms with Gasteiger partial charge >= 0.3 is 5.97 Å². The number of methoxy groups -OCH3 is 1. The Labute approximate surface area is 222 Å². The van der Waals surface area contributed by atoms with E-state index >= 15 is 0 Å². The molecule has 2 amide bonds. The molecule has 38 heavy (non-hydrogen) atoms. The molecule has 1 aliphatic rings. The minimum absolute atomic E-state index is 0.120. The summed E-state index contributed by atoms with van der Waals surface area (Å²) in [7, 11) is 1.30. The fourth-order valence-corrected chi connectivity index (χ4v) is 4.18. The lowest BCUT2D eigenvalue weighted by atomic mass is 10.0. The van der Waals surface area contributed by atoms with E-state index in [1.165, 1.54) is 12.0 Å². The summed E-state index contributed by atoms with van der Waals surface area (Å²) in [6.45, 7) is 6.03. The molecule has 7 heteroatoms. The summed E-state index contributed by atoms with van der Waals surface area (Å²) in [5.74, 6) is -0.598. The molecule has 3 aromatic rings. The molecule has 0 radical (unpaired) electrons. The summed E-state index contributed by atoms with van der Waals surface area (Å²) in [6, 6.07) is 22.3. The highest BCUT2D eigenvalue weighted by atomic mass is 16.5. The zero-order valence-corrected chi connectivity index (χ0v) is 21.9. The molecule has 4 rings (SSSR count). The van der Waals surface area contributed by atoms with Crippen molar-refractivity contribution in [2.45, 2.75) is 27.3 Å². The number of esters is 1. The largest absolute Gasteiger partial charge is 0.484 e. The first-order valence-electron chi connectivity index (χ1n) is 12.2. The SMILES string of the molecule is COC(=O)C1=C(C)N(c2ccc(C)c(C)c2)C(=O)/C1=C\c1ccc(OCC(=O)NCc2ccccc2)cc1. The standard InChI is InChI=1S/C31H30N2O5/c1-20-10-13-25(16-21(20)2)33-22(3)29(31(36)37-4)27(30(33)35)17-23-11-14-26(15-12-23)38-19-28(34)32-18-24-8-6-5-7-9-24/h5-17H,18-19H2,1-4H3,(H,32,34)/b27-17-. The number of nitrogens with zero attached hydrogens (tertiary/aromatic N) is 1. The van der Waals surface area contributed by atoms with Gasteiger partial charge in [-0.2, -0.15) is 0 Å². The molecule has 0 aliphatic carbocycles. The lowest BCUT2D eigenvalue weighted by Crippen LogP contribution is -2.28. The third-order valence-corrected chi connectivity index (χ3v) is 6.43. The molecule has 1 aliphatic heterocycles. The maximum atomic E-state index is 13.5. The molecule has 1 heterocycles. The van der Waals surface area contributed by atoms with E-state index < -0.39 is 5.97 Å². The second kappa shape index (κ2) is 11.6. The molecule has 0 bridgehead atoms. The van der Waals surface area contributed by atoms with Crippen LogP contribution in [0.5, 0.6) is 5.75 Å². The van der Waals surface area contributed by atoms with Crippen LogP contribution in [0.1, 0.15) is 29.2 Å². The highest BCUT2D eigenvalue weighted by Gasteiger charge is 2.38. The van der Waals surface area contributed by atoms with Gasteiger partial charge in [-0.05, 0) is 73.4 Å². The number of carbonyl (C=O) groups excluding carboxylic acids is 3. The minimum atomic E-state index is -0.574. The number of hydrogen-bond donors (Lipinski definition) is 1. The Morgan fingerprint density at radius 1 is 0.921 bits per heavy atom. The fourth-order valence-electron chi connectivity index (χ4n) is 4.18. The molecule has 194 valence electrons. The van der Waals surface area contributed by atoms with E-state index in [2.05, 4.69) is 5.32 Å². The van der Waals surface area contributed by atoms with Crippen LogP contribution < -0.4 is 15.0 Å². The van der Waals surface area contributed by atoms with Gasteiger partial charge in [0.2, 0.25) is 0 Å². The first kappa shape index (κ1) is 26.4. The molecule has 0 spiro atoms. The van der Waals surface area contributed by atoms with Gasteiger partial charge in [-0.25, -0.2) is 4.79 Å². The molecule has 0 fully saturated rings. The second-order valence-corrected chi connectivity index (χ2v) is 9.04. The number of benzene rings is 3. The zero-order valence-electron chi connectivity index (χ0n) is 21.9. The smallest absolute Gasteiger partial charge is 0.340 e. The lowest BCUT2D eigenvalue weighted by Gasteiger charge is -2.19. The number of carbonyl (C=O) groups is 3. The number of ether oxygens (including phenoxy) is 2. The maximum Gasteiger partial charge on any atom is 0.340 e. The minimum Gasteiger partial charge on any atom is -0.484 e. The fraction of sp³-hybridized carbons (Fsp3) is 0.194. The molecule has 0 unspecified atom stereocenters. The van der Waals surface area contributed by atoms with Crippen LogP contribution in [0.25, 0.3) is 6.08 Å². The third kappa shape index (κ3) is 5.83. The molecule has 1 N–H and O–H groups in total. The van der Waals surface area contributed by atoms with E-state index in [4.69, 9.17) is 9.47 Å². The number of aryl methyl sites for hydroxylation is 2. The monoisotopic (exact) mass is 510 g/mol. The van der Waals surface area contributed by atoms with Gasteiger partial charge in [-0.15, -0.1) is 0 Å².